The minimum atomic E-state index is -0.316. The standard InChI is InChI=1S/C15H16ClFN2/c1-19(2)14-7-5-13(6-8-14)18-10-11-3-4-12(17)9-15(11)16/h3-9,18H,10H2,1-2H3. The zero-order valence-corrected chi connectivity index (χ0v) is 11.7. The second-order valence-corrected chi connectivity index (χ2v) is 4.94. The molecular formula is C15H16ClFN2. The van der Waals surface area contributed by atoms with Crippen LogP contribution in [0, 0.1) is 5.82 Å². The van der Waals surface area contributed by atoms with Gasteiger partial charge in [0.1, 0.15) is 5.82 Å². The molecule has 0 saturated heterocycles. The van der Waals surface area contributed by atoms with Crippen molar-refractivity contribution in [3.63, 3.8) is 0 Å². The van der Waals surface area contributed by atoms with Crippen LogP contribution in [0.15, 0.2) is 42.5 Å². The lowest BCUT2D eigenvalue weighted by Crippen LogP contribution is -2.08. The van der Waals surface area contributed by atoms with Gasteiger partial charge in [0.15, 0.2) is 0 Å². The van der Waals surface area contributed by atoms with Gasteiger partial charge in [-0.3, -0.25) is 0 Å². The number of benzene rings is 2. The van der Waals surface area contributed by atoms with E-state index in [1.165, 1.54) is 12.1 Å². The molecule has 0 radical (unpaired) electrons. The van der Waals surface area contributed by atoms with Gasteiger partial charge in [-0.15, -0.1) is 0 Å². The smallest absolute Gasteiger partial charge is 0.124 e. The molecule has 0 heterocycles. The molecule has 2 nitrogen and oxygen atoms in total. The second-order valence-electron chi connectivity index (χ2n) is 4.53. The quantitative estimate of drug-likeness (QED) is 0.903. The highest BCUT2D eigenvalue weighted by Gasteiger charge is 2.02. The van der Waals surface area contributed by atoms with E-state index in [-0.39, 0.29) is 5.82 Å². The Bertz CT molecular complexity index is 553. The summed E-state index contributed by atoms with van der Waals surface area (Å²) in [6.45, 7) is 0.570. The summed E-state index contributed by atoms with van der Waals surface area (Å²) in [5.41, 5.74) is 3.02. The molecule has 0 spiro atoms. The fourth-order valence-electron chi connectivity index (χ4n) is 1.74. The van der Waals surface area contributed by atoms with Gasteiger partial charge in [0.25, 0.3) is 0 Å². The van der Waals surface area contributed by atoms with Crippen LogP contribution in [0.25, 0.3) is 0 Å². The first-order valence-electron chi connectivity index (χ1n) is 6.01. The number of hydrogen-bond donors (Lipinski definition) is 1. The molecule has 0 fully saturated rings. The van der Waals surface area contributed by atoms with Crippen molar-refractivity contribution in [3.8, 4) is 0 Å². The number of nitrogens with one attached hydrogen (secondary N) is 1. The fourth-order valence-corrected chi connectivity index (χ4v) is 1.97. The summed E-state index contributed by atoms with van der Waals surface area (Å²) < 4.78 is 12.9. The number of hydrogen-bond acceptors (Lipinski definition) is 2. The van der Waals surface area contributed by atoms with Crippen LogP contribution in [-0.4, -0.2) is 14.1 Å². The molecule has 2 aromatic rings. The van der Waals surface area contributed by atoms with Crippen molar-refractivity contribution in [1.82, 2.24) is 0 Å². The summed E-state index contributed by atoms with van der Waals surface area (Å²) in [6, 6.07) is 12.5. The lowest BCUT2D eigenvalue weighted by Gasteiger charge is -2.13. The van der Waals surface area contributed by atoms with Crippen molar-refractivity contribution in [3.05, 3.63) is 58.9 Å². The molecule has 0 amide bonds. The Kier molecular flexibility index (Phi) is 4.27. The van der Waals surface area contributed by atoms with Crippen LogP contribution in [0.2, 0.25) is 5.02 Å². The first kappa shape index (κ1) is 13.7. The predicted molar refractivity (Wildman–Crippen MR) is 79.5 cm³/mol. The molecule has 4 heteroatoms. The summed E-state index contributed by atoms with van der Waals surface area (Å²) in [5, 5.41) is 3.70. The SMILES string of the molecule is CN(C)c1ccc(NCc2ccc(F)cc2Cl)cc1. The first-order valence-corrected chi connectivity index (χ1v) is 6.39. The minimum absolute atomic E-state index is 0.316. The van der Waals surface area contributed by atoms with Crippen LogP contribution in [0.3, 0.4) is 0 Å². The highest BCUT2D eigenvalue weighted by Crippen LogP contribution is 2.20. The third-order valence-corrected chi connectivity index (χ3v) is 3.23. The topological polar surface area (TPSA) is 15.3 Å². The molecule has 0 aliphatic carbocycles. The Morgan fingerprint density at radius 1 is 1.11 bits per heavy atom. The van der Waals surface area contributed by atoms with Gasteiger partial charge in [-0.2, -0.15) is 0 Å². The summed E-state index contributed by atoms with van der Waals surface area (Å²) >= 11 is 5.98. The molecule has 19 heavy (non-hydrogen) atoms. The fraction of sp³-hybridized carbons (Fsp3) is 0.200. The summed E-state index contributed by atoms with van der Waals surface area (Å²) in [6.07, 6.45) is 0. The van der Waals surface area contributed by atoms with Gasteiger partial charge in [0, 0.05) is 37.0 Å². The Morgan fingerprint density at radius 3 is 2.37 bits per heavy atom. The second kappa shape index (κ2) is 5.93. The monoisotopic (exact) mass is 278 g/mol. The van der Waals surface area contributed by atoms with E-state index in [1.54, 1.807) is 6.07 Å². The Morgan fingerprint density at radius 2 is 1.79 bits per heavy atom. The van der Waals surface area contributed by atoms with Crippen LogP contribution in [0.4, 0.5) is 15.8 Å². The van der Waals surface area contributed by atoms with E-state index < -0.39 is 0 Å². The maximum absolute atomic E-state index is 12.9. The summed E-state index contributed by atoms with van der Waals surface area (Å²) in [5.74, 6) is -0.316. The van der Waals surface area contributed by atoms with Crippen LogP contribution < -0.4 is 10.2 Å². The third-order valence-electron chi connectivity index (χ3n) is 2.88. The van der Waals surface area contributed by atoms with E-state index in [4.69, 9.17) is 11.6 Å². The maximum atomic E-state index is 12.9. The first-order chi connectivity index (χ1) is 9.06. The zero-order chi connectivity index (χ0) is 13.8. The molecular weight excluding hydrogens is 263 g/mol. The van der Waals surface area contributed by atoms with Crippen LogP contribution >= 0.6 is 11.6 Å². The van der Waals surface area contributed by atoms with E-state index >= 15 is 0 Å². The number of anilines is 2. The largest absolute Gasteiger partial charge is 0.381 e. The van der Waals surface area contributed by atoms with Gasteiger partial charge >= 0.3 is 0 Å². The van der Waals surface area contributed by atoms with E-state index in [0.717, 1.165) is 16.9 Å². The Labute approximate surface area is 117 Å². The van der Waals surface area contributed by atoms with Gasteiger partial charge in [-0.05, 0) is 42.0 Å². The van der Waals surface area contributed by atoms with E-state index in [9.17, 15) is 4.39 Å². The van der Waals surface area contributed by atoms with Gasteiger partial charge in [-0.25, -0.2) is 4.39 Å². The molecule has 2 aromatic carbocycles. The van der Waals surface area contributed by atoms with E-state index in [1.807, 2.05) is 43.3 Å². The Hall–Kier alpha value is -1.74. The predicted octanol–water partition coefficient (Wildman–Crippen LogP) is 4.16. The molecule has 1 N–H and O–H groups in total. The normalized spacial score (nSPS) is 10.3. The zero-order valence-electron chi connectivity index (χ0n) is 11.0. The highest BCUT2D eigenvalue weighted by molar-refractivity contribution is 6.31. The van der Waals surface area contributed by atoms with Crippen LogP contribution in [0.1, 0.15) is 5.56 Å². The van der Waals surface area contributed by atoms with Crippen molar-refractivity contribution in [2.24, 2.45) is 0 Å². The molecule has 0 unspecified atom stereocenters. The van der Waals surface area contributed by atoms with Gasteiger partial charge in [-0.1, -0.05) is 17.7 Å². The highest BCUT2D eigenvalue weighted by atomic mass is 35.5. The molecule has 0 aliphatic rings. The molecule has 100 valence electrons. The lowest BCUT2D eigenvalue weighted by molar-refractivity contribution is 0.627. The van der Waals surface area contributed by atoms with Crippen molar-refractivity contribution < 1.29 is 4.39 Å². The summed E-state index contributed by atoms with van der Waals surface area (Å²) in [7, 11) is 4.00. The molecule has 0 aromatic heterocycles. The minimum Gasteiger partial charge on any atom is -0.381 e. The van der Waals surface area contributed by atoms with Crippen molar-refractivity contribution >= 4 is 23.0 Å². The van der Waals surface area contributed by atoms with Crippen molar-refractivity contribution in [2.45, 2.75) is 6.54 Å². The van der Waals surface area contributed by atoms with Gasteiger partial charge < -0.3 is 10.2 Å². The lowest BCUT2D eigenvalue weighted by atomic mass is 10.2. The van der Waals surface area contributed by atoms with Crippen LogP contribution in [-0.2, 0) is 6.54 Å². The molecule has 0 bridgehead atoms. The third kappa shape index (κ3) is 3.61. The van der Waals surface area contributed by atoms with Gasteiger partial charge in [0.05, 0.1) is 0 Å². The van der Waals surface area contributed by atoms with E-state index in [2.05, 4.69) is 5.32 Å². The van der Waals surface area contributed by atoms with E-state index in [0.29, 0.717) is 11.6 Å². The van der Waals surface area contributed by atoms with Crippen molar-refractivity contribution in [1.29, 1.82) is 0 Å². The summed E-state index contributed by atoms with van der Waals surface area (Å²) in [4.78, 5) is 2.04. The number of nitrogens with zero attached hydrogens (tertiary/aromatic N) is 1. The molecule has 0 saturated carbocycles. The average molecular weight is 279 g/mol. The van der Waals surface area contributed by atoms with Crippen LogP contribution in [0.5, 0.6) is 0 Å². The maximum Gasteiger partial charge on any atom is 0.124 e. The number of halogens is 2. The molecule has 0 aliphatic heterocycles. The average Bonchev–Trinajstić information content (AvgIpc) is 2.38. The number of rotatable bonds is 4. The molecule has 2 rings (SSSR count). The Balaban J connectivity index is 2.02. The molecule has 0 atom stereocenters. The van der Waals surface area contributed by atoms with Gasteiger partial charge in [0.2, 0.25) is 0 Å². The van der Waals surface area contributed by atoms with Crippen molar-refractivity contribution in [2.75, 3.05) is 24.3 Å².